The summed E-state index contributed by atoms with van der Waals surface area (Å²) in [5, 5.41) is 25.0. The van der Waals surface area contributed by atoms with Gasteiger partial charge in [0.2, 0.25) is 0 Å². The van der Waals surface area contributed by atoms with E-state index in [2.05, 4.69) is 20.8 Å². The van der Waals surface area contributed by atoms with Gasteiger partial charge in [-0.1, -0.05) is 48.0 Å². The van der Waals surface area contributed by atoms with E-state index in [-0.39, 0.29) is 12.4 Å². The Hall–Kier alpha value is -2.32. The van der Waals surface area contributed by atoms with Gasteiger partial charge in [0.15, 0.2) is 0 Å². The summed E-state index contributed by atoms with van der Waals surface area (Å²) >= 11 is 6.15. The normalized spacial score (nSPS) is 11.1. The maximum atomic E-state index is 13.3. The molecular formula is C21H25ClFN5O. The molecule has 0 spiro atoms. The molecule has 3 rings (SSSR count). The Labute approximate surface area is 174 Å². The molecule has 2 aromatic carbocycles. The molecule has 0 fully saturated rings. The van der Waals surface area contributed by atoms with Crippen LogP contribution in [0.1, 0.15) is 17.7 Å². The van der Waals surface area contributed by atoms with Gasteiger partial charge in [-0.3, -0.25) is 0 Å². The third kappa shape index (κ3) is 6.33. The average molecular weight is 418 g/mol. The number of nitrogens with zero attached hydrogens (tertiary/aromatic N) is 3. The van der Waals surface area contributed by atoms with Crippen molar-refractivity contribution < 1.29 is 9.50 Å². The van der Waals surface area contributed by atoms with E-state index in [0.717, 1.165) is 42.0 Å². The topological polar surface area (TPSA) is 75.0 Å². The van der Waals surface area contributed by atoms with E-state index in [1.54, 1.807) is 10.9 Å². The molecule has 3 aromatic rings. The molecule has 0 radical (unpaired) electrons. The largest absolute Gasteiger partial charge is 0.395 e. The number of benzene rings is 2. The van der Waals surface area contributed by atoms with Crippen molar-refractivity contribution in [2.75, 3.05) is 26.2 Å². The van der Waals surface area contributed by atoms with Crippen molar-refractivity contribution in [2.24, 2.45) is 0 Å². The number of rotatable bonds is 11. The second-order valence-electron chi connectivity index (χ2n) is 6.63. The number of hydrogen-bond acceptors (Lipinski definition) is 5. The quantitative estimate of drug-likeness (QED) is 0.418. The zero-order valence-corrected chi connectivity index (χ0v) is 16.9. The van der Waals surface area contributed by atoms with Crippen molar-refractivity contribution in [1.82, 2.24) is 25.6 Å². The fourth-order valence-electron chi connectivity index (χ4n) is 2.94. The summed E-state index contributed by atoms with van der Waals surface area (Å²) in [6.07, 6.45) is 0.944. The summed E-state index contributed by atoms with van der Waals surface area (Å²) in [6, 6.07) is 14.2. The van der Waals surface area contributed by atoms with Crippen molar-refractivity contribution in [3.63, 3.8) is 0 Å². The van der Waals surface area contributed by atoms with Gasteiger partial charge in [-0.25, -0.2) is 4.39 Å². The molecule has 6 nitrogen and oxygen atoms in total. The number of aromatic nitrogens is 3. The summed E-state index contributed by atoms with van der Waals surface area (Å²) in [6.45, 7) is 3.37. The van der Waals surface area contributed by atoms with E-state index in [1.807, 2.05) is 30.3 Å². The van der Waals surface area contributed by atoms with Crippen LogP contribution in [0.15, 0.2) is 48.5 Å². The SMILES string of the molecule is OCCNCCCNCc1nn(Cc2ccc(F)cc2Cl)nc1-c1ccccc1. The van der Waals surface area contributed by atoms with Crippen LogP contribution in [0.25, 0.3) is 11.3 Å². The number of halogens is 2. The summed E-state index contributed by atoms with van der Waals surface area (Å²) in [5.41, 5.74) is 3.41. The average Bonchev–Trinajstić information content (AvgIpc) is 3.13. The second kappa shape index (κ2) is 11.0. The van der Waals surface area contributed by atoms with E-state index in [0.29, 0.717) is 24.7 Å². The van der Waals surface area contributed by atoms with Crippen LogP contribution in [0.3, 0.4) is 0 Å². The van der Waals surface area contributed by atoms with Crippen molar-refractivity contribution in [3.05, 3.63) is 70.6 Å². The number of aliphatic hydroxyl groups excluding tert-OH is 1. The zero-order chi connectivity index (χ0) is 20.5. The van der Waals surface area contributed by atoms with Gasteiger partial charge in [0.05, 0.1) is 13.2 Å². The minimum Gasteiger partial charge on any atom is -0.395 e. The van der Waals surface area contributed by atoms with Crippen LogP contribution in [0.4, 0.5) is 4.39 Å². The molecule has 0 unspecified atom stereocenters. The van der Waals surface area contributed by atoms with Gasteiger partial charge < -0.3 is 15.7 Å². The molecule has 0 saturated heterocycles. The van der Waals surface area contributed by atoms with Crippen LogP contribution in [-0.4, -0.2) is 46.3 Å². The van der Waals surface area contributed by atoms with E-state index in [9.17, 15) is 4.39 Å². The first-order chi connectivity index (χ1) is 14.2. The molecule has 3 N–H and O–H groups in total. The van der Waals surface area contributed by atoms with Crippen molar-refractivity contribution >= 4 is 11.6 Å². The van der Waals surface area contributed by atoms with Crippen LogP contribution in [0.5, 0.6) is 0 Å². The zero-order valence-electron chi connectivity index (χ0n) is 16.1. The van der Waals surface area contributed by atoms with Gasteiger partial charge in [-0.2, -0.15) is 15.0 Å². The summed E-state index contributed by atoms with van der Waals surface area (Å²) in [7, 11) is 0. The van der Waals surface area contributed by atoms with Gasteiger partial charge in [-0.05, 0) is 37.2 Å². The molecule has 0 aliphatic carbocycles. The minimum atomic E-state index is -0.365. The van der Waals surface area contributed by atoms with Gasteiger partial charge in [0.25, 0.3) is 0 Å². The summed E-state index contributed by atoms with van der Waals surface area (Å²) < 4.78 is 13.3. The van der Waals surface area contributed by atoms with Gasteiger partial charge in [-0.15, -0.1) is 0 Å². The Morgan fingerprint density at radius 1 is 1.00 bits per heavy atom. The van der Waals surface area contributed by atoms with Gasteiger partial charge >= 0.3 is 0 Å². The van der Waals surface area contributed by atoms with E-state index in [1.165, 1.54) is 12.1 Å². The molecule has 0 amide bonds. The minimum absolute atomic E-state index is 0.148. The highest BCUT2D eigenvalue weighted by Crippen LogP contribution is 2.22. The van der Waals surface area contributed by atoms with Gasteiger partial charge in [0.1, 0.15) is 17.2 Å². The first-order valence-electron chi connectivity index (χ1n) is 9.63. The molecule has 0 saturated carbocycles. The molecule has 8 heteroatoms. The maximum absolute atomic E-state index is 13.3. The predicted octanol–water partition coefficient (Wildman–Crippen LogP) is 2.85. The first-order valence-corrected chi connectivity index (χ1v) is 10.0. The predicted molar refractivity (Wildman–Crippen MR) is 112 cm³/mol. The van der Waals surface area contributed by atoms with Crippen LogP contribution in [0, 0.1) is 5.82 Å². The number of aliphatic hydroxyl groups is 1. The van der Waals surface area contributed by atoms with Crippen molar-refractivity contribution in [3.8, 4) is 11.3 Å². The summed E-state index contributed by atoms with van der Waals surface area (Å²) in [4.78, 5) is 1.60. The number of hydrogen-bond donors (Lipinski definition) is 3. The molecule has 0 aliphatic heterocycles. The molecule has 29 heavy (non-hydrogen) atoms. The van der Waals surface area contributed by atoms with Crippen LogP contribution < -0.4 is 10.6 Å². The molecule has 0 aliphatic rings. The molecular weight excluding hydrogens is 393 g/mol. The lowest BCUT2D eigenvalue weighted by Gasteiger charge is -2.05. The van der Waals surface area contributed by atoms with Gasteiger partial charge in [0, 0.05) is 23.7 Å². The Morgan fingerprint density at radius 2 is 1.79 bits per heavy atom. The van der Waals surface area contributed by atoms with Crippen LogP contribution in [-0.2, 0) is 13.1 Å². The molecule has 1 aromatic heterocycles. The van der Waals surface area contributed by atoms with Crippen molar-refractivity contribution in [1.29, 1.82) is 0 Å². The fraction of sp³-hybridized carbons (Fsp3) is 0.333. The summed E-state index contributed by atoms with van der Waals surface area (Å²) in [5.74, 6) is -0.365. The lowest BCUT2D eigenvalue weighted by atomic mass is 10.1. The highest BCUT2D eigenvalue weighted by molar-refractivity contribution is 6.31. The number of nitrogens with one attached hydrogen (secondary N) is 2. The standard InChI is InChI=1S/C21H25ClFN5O/c22-19-13-18(23)8-7-17(19)15-28-26-20(14-25-10-4-9-24-11-12-29)21(27-28)16-5-2-1-3-6-16/h1-3,5-8,13,24-25,29H,4,9-12,14-15H2. The van der Waals surface area contributed by atoms with E-state index < -0.39 is 0 Å². The lowest BCUT2D eigenvalue weighted by Crippen LogP contribution is -2.24. The Bertz CT molecular complexity index is 903. The van der Waals surface area contributed by atoms with Crippen LogP contribution >= 0.6 is 11.6 Å². The highest BCUT2D eigenvalue weighted by atomic mass is 35.5. The van der Waals surface area contributed by atoms with Crippen LogP contribution in [0.2, 0.25) is 5.02 Å². The smallest absolute Gasteiger partial charge is 0.124 e. The fourth-order valence-corrected chi connectivity index (χ4v) is 3.17. The third-order valence-corrected chi connectivity index (χ3v) is 4.74. The van der Waals surface area contributed by atoms with E-state index >= 15 is 0 Å². The molecule has 0 atom stereocenters. The van der Waals surface area contributed by atoms with Crippen molar-refractivity contribution in [2.45, 2.75) is 19.5 Å². The Kier molecular flexibility index (Phi) is 8.13. The second-order valence-corrected chi connectivity index (χ2v) is 7.04. The Balaban J connectivity index is 1.70. The first kappa shape index (κ1) is 21.4. The lowest BCUT2D eigenvalue weighted by molar-refractivity contribution is 0.292. The maximum Gasteiger partial charge on any atom is 0.124 e. The molecule has 1 heterocycles. The van der Waals surface area contributed by atoms with E-state index in [4.69, 9.17) is 16.7 Å². The molecule has 154 valence electrons. The molecule has 0 bridgehead atoms. The highest BCUT2D eigenvalue weighted by Gasteiger charge is 2.14. The Morgan fingerprint density at radius 3 is 2.55 bits per heavy atom. The monoisotopic (exact) mass is 417 g/mol. The third-order valence-electron chi connectivity index (χ3n) is 4.39.